The van der Waals surface area contributed by atoms with Gasteiger partial charge >= 0.3 is 17.9 Å². The summed E-state index contributed by atoms with van der Waals surface area (Å²) in [6.07, 6.45) is 55.5. The topological polar surface area (TPSA) is 99.1 Å². The molecule has 0 aromatic rings. The van der Waals surface area contributed by atoms with E-state index in [2.05, 4.69) is 74.6 Å². The van der Waals surface area contributed by atoms with Crippen LogP contribution in [0.15, 0.2) is 60.8 Å². The fourth-order valence-electron chi connectivity index (χ4n) is 7.30. The van der Waals surface area contributed by atoms with Crippen molar-refractivity contribution in [1.29, 1.82) is 0 Å². The summed E-state index contributed by atoms with van der Waals surface area (Å²) >= 11 is 0. The van der Waals surface area contributed by atoms with Gasteiger partial charge in [0.2, 0.25) is 0 Å². The molecule has 2 unspecified atom stereocenters. The number of carbonyl (C=O) groups excluding carboxylic acids is 2. The predicted molar refractivity (Wildman–Crippen MR) is 261 cm³/mol. The SMILES string of the molecule is CC/C=C/C/C=C/C/C=C/C/C=C/C/C=C/CCCCCCC(=O)OCC(COCCC(C(=O)O)[N+](C)(C)C)OC(=O)CCCCCCCCCCCCCCCCCCCC. The van der Waals surface area contributed by atoms with Crippen LogP contribution in [0, 0.1) is 0 Å². The van der Waals surface area contributed by atoms with Crippen LogP contribution in [0.4, 0.5) is 0 Å². The van der Waals surface area contributed by atoms with Gasteiger partial charge in [0.05, 0.1) is 34.4 Å². The summed E-state index contributed by atoms with van der Waals surface area (Å²) in [6, 6.07) is -0.620. The number of hydrogen-bond acceptors (Lipinski definition) is 6. The van der Waals surface area contributed by atoms with Crippen LogP contribution >= 0.6 is 0 Å². The van der Waals surface area contributed by atoms with E-state index in [0.29, 0.717) is 19.3 Å². The molecule has 0 aliphatic heterocycles. The van der Waals surface area contributed by atoms with Crippen molar-refractivity contribution in [2.75, 3.05) is 41.0 Å². The molecule has 0 aliphatic carbocycles. The smallest absolute Gasteiger partial charge is 0.362 e. The number of quaternary nitrogens is 1. The third-order valence-corrected chi connectivity index (χ3v) is 11.2. The summed E-state index contributed by atoms with van der Waals surface area (Å²) in [5.41, 5.74) is 0. The lowest BCUT2D eigenvalue weighted by Crippen LogP contribution is -2.50. The van der Waals surface area contributed by atoms with Gasteiger partial charge in [0.1, 0.15) is 6.61 Å². The van der Waals surface area contributed by atoms with E-state index in [1.165, 1.54) is 96.3 Å². The van der Waals surface area contributed by atoms with Crippen molar-refractivity contribution in [3.05, 3.63) is 60.8 Å². The number of nitrogens with zero attached hydrogens (tertiary/aromatic N) is 1. The number of ether oxygens (including phenoxy) is 3. The number of carbonyl (C=O) groups is 3. The van der Waals surface area contributed by atoms with Crippen molar-refractivity contribution < 1.29 is 38.2 Å². The molecular weight excluding hydrogens is 775 g/mol. The molecule has 62 heavy (non-hydrogen) atoms. The van der Waals surface area contributed by atoms with E-state index in [0.717, 1.165) is 83.5 Å². The lowest BCUT2D eigenvalue weighted by molar-refractivity contribution is -0.887. The van der Waals surface area contributed by atoms with Crippen LogP contribution in [-0.4, -0.2) is 80.6 Å². The van der Waals surface area contributed by atoms with Crippen LogP contribution in [0.3, 0.4) is 0 Å². The van der Waals surface area contributed by atoms with Gasteiger partial charge in [-0.15, -0.1) is 0 Å². The third-order valence-electron chi connectivity index (χ3n) is 11.2. The minimum atomic E-state index is -0.878. The summed E-state index contributed by atoms with van der Waals surface area (Å²) in [6.45, 7) is 4.62. The molecule has 0 aromatic carbocycles. The standard InChI is InChI=1S/C54H95NO7/c1-6-8-10-12-14-16-18-20-22-24-26-27-29-30-32-34-36-38-40-42-44-52(56)61-49-50(48-60-47-46-51(54(58)59)55(3,4)5)62-53(57)45-43-41-39-37-35-33-31-28-25-23-21-19-17-15-13-11-9-7-2/h8,10,14,16,20,22,26-27,30,32,50-51H,6-7,9,11-13,15,17-19,21,23-25,28-29,31,33-49H2,1-5H3/p+1/b10-8+,16-14+,22-20+,27-26+,32-30+. The average Bonchev–Trinajstić information content (AvgIpc) is 3.23. The van der Waals surface area contributed by atoms with E-state index < -0.39 is 18.1 Å². The molecule has 2 atom stereocenters. The van der Waals surface area contributed by atoms with E-state index in [9.17, 15) is 19.5 Å². The van der Waals surface area contributed by atoms with Gasteiger partial charge in [-0.2, -0.15) is 0 Å². The van der Waals surface area contributed by atoms with Crippen LogP contribution in [0.2, 0.25) is 0 Å². The van der Waals surface area contributed by atoms with Gasteiger partial charge < -0.3 is 23.8 Å². The van der Waals surface area contributed by atoms with Gasteiger partial charge in [-0.1, -0.05) is 197 Å². The molecule has 0 aromatic heterocycles. The zero-order valence-electron chi connectivity index (χ0n) is 40.8. The zero-order valence-corrected chi connectivity index (χ0v) is 40.8. The lowest BCUT2D eigenvalue weighted by Gasteiger charge is -2.31. The third kappa shape index (κ3) is 42.3. The van der Waals surface area contributed by atoms with Gasteiger partial charge in [-0.05, 0) is 57.8 Å². The number of carboxylic acid groups (broad SMARTS) is 1. The fraction of sp³-hybridized carbons (Fsp3) is 0.759. The molecule has 1 N–H and O–H groups in total. The predicted octanol–water partition coefficient (Wildman–Crippen LogP) is 14.5. The Balaban J connectivity index is 4.30. The van der Waals surface area contributed by atoms with Gasteiger partial charge in [-0.3, -0.25) is 9.59 Å². The maximum Gasteiger partial charge on any atom is 0.362 e. The molecule has 0 rings (SSSR count). The Hall–Kier alpha value is -2.97. The van der Waals surface area contributed by atoms with Gasteiger partial charge in [0, 0.05) is 19.3 Å². The summed E-state index contributed by atoms with van der Waals surface area (Å²) in [4.78, 5) is 37.1. The van der Waals surface area contributed by atoms with Crippen LogP contribution in [0.5, 0.6) is 0 Å². The molecule has 0 aliphatic rings. The van der Waals surface area contributed by atoms with Crippen molar-refractivity contribution in [1.82, 2.24) is 0 Å². The van der Waals surface area contributed by atoms with Crippen molar-refractivity contribution in [2.45, 2.75) is 225 Å². The van der Waals surface area contributed by atoms with Crippen LogP contribution < -0.4 is 0 Å². The number of unbranched alkanes of at least 4 members (excludes halogenated alkanes) is 21. The fourth-order valence-corrected chi connectivity index (χ4v) is 7.30. The highest BCUT2D eigenvalue weighted by Crippen LogP contribution is 2.16. The number of hydrogen-bond donors (Lipinski definition) is 1. The summed E-state index contributed by atoms with van der Waals surface area (Å²) in [7, 11) is 5.53. The Bertz CT molecular complexity index is 1200. The van der Waals surface area contributed by atoms with Crippen LogP contribution in [-0.2, 0) is 28.6 Å². The van der Waals surface area contributed by atoms with E-state index in [-0.39, 0.29) is 36.2 Å². The lowest BCUT2D eigenvalue weighted by atomic mass is 10.0. The molecule has 0 heterocycles. The Morgan fingerprint density at radius 2 is 0.903 bits per heavy atom. The van der Waals surface area contributed by atoms with Crippen molar-refractivity contribution in [3.63, 3.8) is 0 Å². The summed E-state index contributed by atoms with van der Waals surface area (Å²) in [5.74, 6) is -1.49. The van der Waals surface area contributed by atoms with Crippen molar-refractivity contribution in [2.24, 2.45) is 0 Å². The van der Waals surface area contributed by atoms with E-state index in [4.69, 9.17) is 14.2 Å². The Kier molecular flexibility index (Phi) is 42.5. The van der Waals surface area contributed by atoms with E-state index in [1.807, 2.05) is 21.1 Å². The summed E-state index contributed by atoms with van der Waals surface area (Å²) in [5, 5.41) is 9.65. The molecular formula is C54H96NO7+. The zero-order chi connectivity index (χ0) is 45.6. The number of aliphatic carboxylic acids is 1. The largest absolute Gasteiger partial charge is 0.477 e. The highest BCUT2D eigenvalue weighted by molar-refractivity contribution is 5.72. The molecule has 0 amide bonds. The Morgan fingerprint density at radius 3 is 1.34 bits per heavy atom. The Morgan fingerprint density at radius 1 is 0.500 bits per heavy atom. The minimum Gasteiger partial charge on any atom is -0.477 e. The number of esters is 2. The van der Waals surface area contributed by atoms with Gasteiger partial charge in [-0.25, -0.2) is 4.79 Å². The first kappa shape index (κ1) is 59.0. The molecule has 8 nitrogen and oxygen atoms in total. The maximum absolute atomic E-state index is 12.8. The first-order valence-electron chi connectivity index (χ1n) is 25.3. The quantitative estimate of drug-likeness (QED) is 0.0282. The molecule has 0 spiro atoms. The number of likely N-dealkylation sites (N-methyl/N-ethyl adjacent to an activating group) is 1. The van der Waals surface area contributed by atoms with E-state index >= 15 is 0 Å². The van der Waals surface area contributed by atoms with E-state index in [1.54, 1.807) is 0 Å². The second kappa shape index (κ2) is 44.6. The first-order chi connectivity index (χ1) is 30.1. The van der Waals surface area contributed by atoms with Gasteiger partial charge in [0.15, 0.2) is 12.1 Å². The maximum atomic E-state index is 12.8. The molecule has 358 valence electrons. The van der Waals surface area contributed by atoms with Crippen LogP contribution in [0.1, 0.15) is 213 Å². The highest BCUT2D eigenvalue weighted by atomic mass is 16.6. The Labute approximate surface area is 381 Å². The van der Waals surface area contributed by atoms with Crippen LogP contribution in [0.25, 0.3) is 0 Å². The normalized spacial score (nSPS) is 13.4. The second-order valence-corrected chi connectivity index (χ2v) is 18.1. The first-order valence-corrected chi connectivity index (χ1v) is 25.3. The monoisotopic (exact) mass is 871 g/mol. The molecule has 0 fully saturated rings. The molecule has 0 saturated carbocycles. The molecule has 0 radical (unpaired) electrons. The number of carboxylic acids is 1. The molecule has 0 bridgehead atoms. The second-order valence-electron chi connectivity index (χ2n) is 18.1. The number of allylic oxidation sites excluding steroid dienone is 10. The highest BCUT2D eigenvalue weighted by Gasteiger charge is 2.31. The molecule has 0 saturated heterocycles. The van der Waals surface area contributed by atoms with Crippen molar-refractivity contribution >= 4 is 17.9 Å². The molecule has 8 heteroatoms. The average molecular weight is 871 g/mol. The minimum absolute atomic E-state index is 0.0530. The van der Waals surface area contributed by atoms with Gasteiger partial charge in [0.25, 0.3) is 0 Å². The number of rotatable bonds is 45. The summed E-state index contributed by atoms with van der Waals surface area (Å²) < 4.78 is 17.3. The van der Waals surface area contributed by atoms with Crippen molar-refractivity contribution in [3.8, 4) is 0 Å².